The number of aromatic nitrogens is 2. The van der Waals surface area contributed by atoms with Crippen molar-refractivity contribution in [2.45, 2.75) is 37.5 Å². The van der Waals surface area contributed by atoms with E-state index in [1.54, 1.807) is 6.92 Å². The Balaban J connectivity index is 2.30. The van der Waals surface area contributed by atoms with Gasteiger partial charge in [0, 0.05) is 12.8 Å². The molecule has 0 spiro atoms. The average Bonchev–Trinajstić information content (AvgIpc) is 2.97. The second-order valence-electron chi connectivity index (χ2n) is 4.76. The van der Waals surface area contributed by atoms with Gasteiger partial charge in [-0.25, -0.2) is 16.8 Å². The molecule has 2 rings (SSSR count). The summed E-state index contributed by atoms with van der Waals surface area (Å²) in [4.78, 5) is 0. The van der Waals surface area contributed by atoms with Crippen molar-refractivity contribution in [2.24, 2.45) is 0 Å². The standard InChI is InChI=1S/C10H17N3O5S2/c1-3-7-20(16,17)13-6-4-5-8(13)9-11-12-10(18-9)19(2,14)15/h8H,3-7H2,1-2H3/t8-/m0/s1. The Hall–Kier alpha value is -1.00. The maximum absolute atomic E-state index is 12.1. The van der Waals surface area contributed by atoms with Crippen molar-refractivity contribution in [3.05, 3.63) is 5.89 Å². The minimum absolute atomic E-state index is 0.0441. The summed E-state index contributed by atoms with van der Waals surface area (Å²) in [7, 11) is -6.96. The molecule has 0 amide bonds. The van der Waals surface area contributed by atoms with Crippen molar-refractivity contribution in [2.75, 3.05) is 18.6 Å². The fraction of sp³-hybridized carbons (Fsp3) is 0.800. The Labute approximate surface area is 118 Å². The van der Waals surface area contributed by atoms with Crippen LogP contribution in [0.15, 0.2) is 9.64 Å². The van der Waals surface area contributed by atoms with E-state index < -0.39 is 31.1 Å². The molecule has 1 aromatic rings. The normalized spacial score (nSPS) is 21.4. The topological polar surface area (TPSA) is 110 Å². The fourth-order valence-electron chi connectivity index (χ4n) is 2.20. The first-order valence-electron chi connectivity index (χ1n) is 6.28. The van der Waals surface area contributed by atoms with Gasteiger partial charge in [0.25, 0.3) is 0 Å². The van der Waals surface area contributed by atoms with Crippen molar-refractivity contribution in [1.29, 1.82) is 0 Å². The minimum atomic E-state index is -3.58. The summed E-state index contributed by atoms with van der Waals surface area (Å²) in [5.74, 6) is 0.0962. The van der Waals surface area contributed by atoms with Gasteiger partial charge in [0.1, 0.15) is 6.04 Å². The van der Waals surface area contributed by atoms with Crippen LogP contribution in [0.3, 0.4) is 0 Å². The molecule has 1 aliphatic heterocycles. The number of hydrogen-bond acceptors (Lipinski definition) is 7. The lowest BCUT2D eigenvalue weighted by molar-refractivity contribution is 0.303. The van der Waals surface area contributed by atoms with Crippen LogP contribution in [-0.4, -0.2) is 49.9 Å². The molecule has 1 aromatic heterocycles. The summed E-state index contributed by atoms with van der Waals surface area (Å²) in [5, 5.41) is 6.68. The van der Waals surface area contributed by atoms with Crippen LogP contribution in [0.25, 0.3) is 0 Å². The van der Waals surface area contributed by atoms with Crippen molar-refractivity contribution >= 4 is 19.9 Å². The summed E-state index contributed by atoms with van der Waals surface area (Å²) in [5.41, 5.74) is 0. The van der Waals surface area contributed by atoms with Gasteiger partial charge in [-0.05, 0) is 19.3 Å². The lowest BCUT2D eigenvalue weighted by Crippen LogP contribution is -2.32. The third kappa shape index (κ3) is 3.01. The van der Waals surface area contributed by atoms with Crippen LogP contribution in [0.5, 0.6) is 0 Å². The molecule has 8 nitrogen and oxygen atoms in total. The second kappa shape index (κ2) is 5.41. The van der Waals surface area contributed by atoms with Gasteiger partial charge < -0.3 is 4.42 Å². The molecule has 20 heavy (non-hydrogen) atoms. The third-order valence-electron chi connectivity index (χ3n) is 3.05. The molecule has 0 saturated carbocycles. The van der Waals surface area contributed by atoms with Gasteiger partial charge in [0.15, 0.2) is 0 Å². The lowest BCUT2D eigenvalue weighted by atomic mass is 10.2. The summed E-state index contributed by atoms with van der Waals surface area (Å²) < 4.78 is 53.4. The van der Waals surface area contributed by atoms with E-state index in [9.17, 15) is 16.8 Å². The summed E-state index contributed by atoms with van der Waals surface area (Å²) in [6.45, 7) is 2.18. The van der Waals surface area contributed by atoms with Crippen LogP contribution >= 0.6 is 0 Å². The highest BCUT2D eigenvalue weighted by atomic mass is 32.2. The highest BCUT2D eigenvalue weighted by Crippen LogP contribution is 2.34. The fourth-order valence-corrected chi connectivity index (χ4v) is 4.37. The molecule has 0 aliphatic carbocycles. The smallest absolute Gasteiger partial charge is 0.335 e. The third-order valence-corrected chi connectivity index (χ3v) is 5.92. The average molecular weight is 323 g/mol. The van der Waals surface area contributed by atoms with Crippen LogP contribution in [0.4, 0.5) is 0 Å². The van der Waals surface area contributed by atoms with Crippen LogP contribution in [0.2, 0.25) is 0 Å². The minimum Gasteiger partial charge on any atom is -0.411 e. The number of sulfone groups is 1. The van der Waals surface area contributed by atoms with Crippen molar-refractivity contribution in [3.8, 4) is 0 Å². The zero-order valence-electron chi connectivity index (χ0n) is 11.3. The highest BCUT2D eigenvalue weighted by Gasteiger charge is 2.38. The molecule has 2 heterocycles. The van der Waals surface area contributed by atoms with E-state index in [1.807, 2.05) is 0 Å². The largest absolute Gasteiger partial charge is 0.411 e. The monoisotopic (exact) mass is 323 g/mol. The number of rotatable bonds is 5. The summed E-state index contributed by atoms with van der Waals surface area (Å²) >= 11 is 0. The first-order valence-corrected chi connectivity index (χ1v) is 9.78. The Morgan fingerprint density at radius 1 is 1.30 bits per heavy atom. The number of hydrogen-bond donors (Lipinski definition) is 0. The van der Waals surface area contributed by atoms with Gasteiger partial charge in [-0.15, -0.1) is 5.10 Å². The molecule has 114 valence electrons. The maximum atomic E-state index is 12.1. The van der Waals surface area contributed by atoms with Crippen molar-refractivity contribution in [3.63, 3.8) is 0 Å². The van der Waals surface area contributed by atoms with Gasteiger partial charge in [-0.3, -0.25) is 0 Å². The second-order valence-corrected chi connectivity index (χ2v) is 8.70. The van der Waals surface area contributed by atoms with E-state index >= 15 is 0 Å². The first kappa shape index (κ1) is 15.4. The van der Waals surface area contributed by atoms with Crippen LogP contribution in [0, 0.1) is 0 Å². The molecule has 0 unspecified atom stereocenters. The molecule has 1 atom stereocenters. The van der Waals surface area contributed by atoms with Crippen molar-refractivity contribution < 1.29 is 21.3 Å². The van der Waals surface area contributed by atoms with E-state index in [0.29, 0.717) is 25.8 Å². The predicted octanol–water partition coefficient (Wildman–Crippen LogP) is 0.350. The molecule has 1 fully saturated rings. The zero-order chi connectivity index (χ0) is 15.0. The molecule has 1 saturated heterocycles. The highest BCUT2D eigenvalue weighted by molar-refractivity contribution is 7.90. The van der Waals surface area contributed by atoms with Gasteiger partial charge in [0.2, 0.25) is 25.8 Å². The van der Waals surface area contributed by atoms with E-state index in [4.69, 9.17) is 4.42 Å². The maximum Gasteiger partial charge on any atom is 0.335 e. The van der Waals surface area contributed by atoms with Crippen LogP contribution in [0.1, 0.15) is 38.1 Å². The molecular weight excluding hydrogens is 306 g/mol. The van der Waals surface area contributed by atoms with Gasteiger partial charge in [-0.2, -0.15) is 4.31 Å². The van der Waals surface area contributed by atoms with Crippen LogP contribution in [-0.2, 0) is 19.9 Å². The molecular formula is C10H17N3O5S2. The molecule has 1 aliphatic rings. The molecule has 0 N–H and O–H groups in total. The van der Waals surface area contributed by atoms with Gasteiger partial charge >= 0.3 is 5.22 Å². The predicted molar refractivity (Wildman–Crippen MR) is 70.2 cm³/mol. The first-order chi connectivity index (χ1) is 9.25. The molecule has 10 heteroatoms. The van der Waals surface area contributed by atoms with Crippen LogP contribution < -0.4 is 0 Å². The van der Waals surface area contributed by atoms with Gasteiger partial charge in [0.05, 0.1) is 5.75 Å². The zero-order valence-corrected chi connectivity index (χ0v) is 12.9. The summed E-state index contributed by atoms with van der Waals surface area (Å²) in [6, 6.07) is -0.561. The summed E-state index contributed by atoms with van der Waals surface area (Å²) in [6.07, 6.45) is 2.72. The van der Waals surface area contributed by atoms with E-state index in [0.717, 1.165) is 6.26 Å². The Morgan fingerprint density at radius 2 is 2.00 bits per heavy atom. The SMILES string of the molecule is CCCS(=O)(=O)N1CCC[C@H]1c1nnc(S(C)(=O)=O)o1. The molecule has 0 radical (unpaired) electrons. The number of nitrogens with zero attached hydrogens (tertiary/aromatic N) is 3. The van der Waals surface area contributed by atoms with Gasteiger partial charge in [-0.1, -0.05) is 12.0 Å². The van der Waals surface area contributed by atoms with E-state index in [1.165, 1.54) is 4.31 Å². The lowest BCUT2D eigenvalue weighted by Gasteiger charge is -2.20. The Morgan fingerprint density at radius 3 is 2.55 bits per heavy atom. The molecule has 0 bridgehead atoms. The number of sulfonamides is 1. The van der Waals surface area contributed by atoms with E-state index in [-0.39, 0.29) is 11.6 Å². The Kier molecular flexibility index (Phi) is 4.17. The quantitative estimate of drug-likeness (QED) is 0.768. The van der Waals surface area contributed by atoms with E-state index in [2.05, 4.69) is 10.2 Å². The Bertz CT molecular complexity index is 680. The van der Waals surface area contributed by atoms with Crippen molar-refractivity contribution in [1.82, 2.24) is 14.5 Å². The molecule has 0 aromatic carbocycles.